The third kappa shape index (κ3) is 6.64. The summed E-state index contributed by atoms with van der Waals surface area (Å²) in [6, 6.07) is -2.88. The van der Waals surface area contributed by atoms with E-state index in [4.69, 9.17) is 26.4 Å². The van der Waals surface area contributed by atoms with Gasteiger partial charge < -0.3 is 25.8 Å². The Kier molecular flexibility index (Phi) is 6.39. The molecule has 0 aliphatic rings. The molecule has 0 saturated carbocycles. The van der Waals surface area contributed by atoms with Crippen molar-refractivity contribution in [2.75, 3.05) is 6.61 Å². The van der Waals surface area contributed by atoms with Crippen LogP contribution < -0.4 is 11.5 Å². The molecule has 10 nitrogen and oxygen atoms in total. The summed E-state index contributed by atoms with van der Waals surface area (Å²) in [6.07, 6.45) is -1.16. The lowest BCUT2D eigenvalue weighted by Gasteiger charge is -2.16. The van der Waals surface area contributed by atoms with Crippen molar-refractivity contribution in [3.63, 3.8) is 0 Å². The first-order valence-corrected chi connectivity index (χ1v) is 6.22. The molecule has 106 valence electrons. The largest absolute Gasteiger partial charge is 0.527 e. The number of nitrogens with two attached hydrogens (primary N) is 2. The van der Waals surface area contributed by atoms with Crippen molar-refractivity contribution in [1.82, 2.24) is 0 Å². The molecular weight excluding hydrogens is 271 g/mol. The Morgan fingerprint density at radius 2 is 1.78 bits per heavy atom. The van der Waals surface area contributed by atoms with Crippen molar-refractivity contribution in [2.45, 2.75) is 25.1 Å². The van der Waals surface area contributed by atoms with Crippen LogP contribution in [-0.4, -0.2) is 51.6 Å². The summed E-state index contributed by atoms with van der Waals surface area (Å²) in [5, 5.41) is 8.97. The Labute approximate surface area is 102 Å². The van der Waals surface area contributed by atoms with Gasteiger partial charge in [0.25, 0.3) is 0 Å². The van der Waals surface area contributed by atoms with Crippen LogP contribution in [0, 0.1) is 0 Å². The van der Waals surface area contributed by atoms with Gasteiger partial charge in [-0.2, -0.15) is 0 Å². The Morgan fingerprint density at radius 1 is 1.28 bits per heavy atom. The molecule has 0 amide bonds. The topological polar surface area (TPSA) is 182 Å². The fourth-order valence-electron chi connectivity index (χ4n) is 0.718. The Bertz CT molecular complexity index is 353. The number of phosphoric ester groups is 1. The summed E-state index contributed by atoms with van der Waals surface area (Å²) < 4.78 is 18.4. The van der Waals surface area contributed by atoms with Crippen LogP contribution in [0.2, 0.25) is 0 Å². The molecule has 18 heavy (non-hydrogen) atoms. The Morgan fingerprint density at radius 3 is 2.17 bits per heavy atom. The lowest BCUT2D eigenvalue weighted by Crippen LogP contribution is -2.44. The molecule has 0 aromatic carbocycles. The van der Waals surface area contributed by atoms with Crippen molar-refractivity contribution >= 4 is 19.8 Å². The number of aliphatic hydroxyl groups excluding tert-OH is 1. The number of carbonyl (C=O) groups excluding carboxylic acids is 2. The van der Waals surface area contributed by atoms with Crippen LogP contribution in [0.5, 0.6) is 0 Å². The van der Waals surface area contributed by atoms with Gasteiger partial charge in [0.2, 0.25) is 0 Å². The number of ether oxygens (including phenoxy) is 1. The van der Waals surface area contributed by atoms with Crippen LogP contribution in [0.15, 0.2) is 0 Å². The Hall–Kier alpha value is -1.03. The molecule has 11 heteroatoms. The fourth-order valence-corrected chi connectivity index (χ4v) is 1.09. The molecule has 0 aliphatic heterocycles. The first kappa shape index (κ1) is 17.0. The van der Waals surface area contributed by atoms with Crippen molar-refractivity contribution < 1.29 is 38.3 Å². The number of esters is 1. The van der Waals surface area contributed by atoms with E-state index in [-0.39, 0.29) is 0 Å². The third-order valence-corrected chi connectivity index (χ3v) is 2.13. The van der Waals surface area contributed by atoms with Crippen molar-refractivity contribution in [3.8, 4) is 0 Å². The maximum Gasteiger partial charge on any atom is 0.527 e. The number of rotatable bonds is 6. The predicted octanol–water partition coefficient (Wildman–Crippen LogP) is -2.80. The second-order valence-corrected chi connectivity index (χ2v) is 4.57. The first-order chi connectivity index (χ1) is 8.04. The zero-order valence-corrected chi connectivity index (χ0v) is 10.3. The summed E-state index contributed by atoms with van der Waals surface area (Å²) in [7, 11) is -4.99. The van der Waals surface area contributed by atoms with E-state index in [1.807, 2.05) is 0 Å². The van der Waals surface area contributed by atoms with Crippen LogP contribution in [0.3, 0.4) is 0 Å². The van der Waals surface area contributed by atoms with Gasteiger partial charge in [0.1, 0.15) is 18.7 Å². The average molecular weight is 286 g/mol. The van der Waals surface area contributed by atoms with Crippen LogP contribution in [-0.2, 0) is 23.4 Å². The summed E-state index contributed by atoms with van der Waals surface area (Å²) >= 11 is 0. The molecule has 0 fully saturated rings. The molecular formula is C7H15N2O8P. The standard InChI is InChI=1S/C7H15N2O8P/c1-3(10)5(9)7(12)16-2-4(8)6(11)17-18(13,14)15/h3-5,10H,2,8-9H2,1H3,(H2,13,14,15)/t3-,4+,5+/m1/s1. The number of hydrogen-bond donors (Lipinski definition) is 5. The lowest BCUT2D eigenvalue weighted by molar-refractivity contribution is -0.150. The van der Waals surface area contributed by atoms with Crippen LogP contribution in [0.25, 0.3) is 0 Å². The quantitative estimate of drug-likeness (QED) is 0.252. The van der Waals surface area contributed by atoms with E-state index >= 15 is 0 Å². The summed E-state index contributed by atoms with van der Waals surface area (Å²) in [4.78, 5) is 38.7. The molecule has 0 aliphatic carbocycles. The van der Waals surface area contributed by atoms with Crippen LogP contribution >= 0.6 is 7.82 Å². The van der Waals surface area contributed by atoms with E-state index < -0.39 is 44.6 Å². The molecule has 0 rings (SSSR count). The van der Waals surface area contributed by atoms with Gasteiger partial charge in [-0.25, -0.2) is 9.36 Å². The van der Waals surface area contributed by atoms with E-state index in [0.717, 1.165) is 0 Å². The highest BCUT2D eigenvalue weighted by Gasteiger charge is 2.27. The molecule has 7 N–H and O–H groups in total. The zero-order chi connectivity index (χ0) is 14.5. The summed E-state index contributed by atoms with van der Waals surface area (Å²) in [5.74, 6) is -2.44. The van der Waals surface area contributed by atoms with Gasteiger partial charge in [0.15, 0.2) is 0 Å². The van der Waals surface area contributed by atoms with Gasteiger partial charge in [0.05, 0.1) is 6.10 Å². The van der Waals surface area contributed by atoms with Gasteiger partial charge in [-0.1, -0.05) is 0 Å². The minimum absolute atomic E-state index is 0.682. The predicted molar refractivity (Wildman–Crippen MR) is 56.7 cm³/mol. The number of phosphoric acid groups is 1. The smallest absolute Gasteiger partial charge is 0.462 e. The minimum Gasteiger partial charge on any atom is -0.462 e. The molecule has 0 spiro atoms. The van der Waals surface area contributed by atoms with Crippen LogP contribution in [0.4, 0.5) is 0 Å². The second-order valence-electron chi connectivity index (χ2n) is 3.40. The highest BCUT2D eigenvalue weighted by molar-refractivity contribution is 7.46. The maximum absolute atomic E-state index is 11.1. The lowest BCUT2D eigenvalue weighted by atomic mass is 10.2. The molecule has 0 unspecified atom stereocenters. The Balaban J connectivity index is 4.19. The van der Waals surface area contributed by atoms with Gasteiger partial charge in [0, 0.05) is 0 Å². The van der Waals surface area contributed by atoms with E-state index in [2.05, 4.69) is 9.26 Å². The molecule has 0 heterocycles. The first-order valence-electron chi connectivity index (χ1n) is 4.69. The van der Waals surface area contributed by atoms with Gasteiger partial charge >= 0.3 is 19.8 Å². The zero-order valence-electron chi connectivity index (χ0n) is 9.42. The average Bonchev–Trinajstić information content (AvgIpc) is 2.21. The van der Waals surface area contributed by atoms with E-state index in [0.29, 0.717) is 0 Å². The second kappa shape index (κ2) is 6.78. The number of hydrogen-bond acceptors (Lipinski definition) is 8. The summed E-state index contributed by atoms with van der Waals surface area (Å²) in [6.45, 7) is 0.575. The molecule has 0 aromatic rings. The molecule has 3 atom stereocenters. The summed E-state index contributed by atoms with van der Waals surface area (Å²) in [5.41, 5.74) is 10.4. The van der Waals surface area contributed by atoms with Crippen molar-refractivity contribution in [3.05, 3.63) is 0 Å². The van der Waals surface area contributed by atoms with Crippen molar-refractivity contribution in [1.29, 1.82) is 0 Å². The highest BCUT2D eigenvalue weighted by atomic mass is 31.2. The van der Waals surface area contributed by atoms with E-state index in [9.17, 15) is 14.2 Å². The van der Waals surface area contributed by atoms with Gasteiger partial charge in [-0.3, -0.25) is 14.6 Å². The molecule has 0 radical (unpaired) electrons. The van der Waals surface area contributed by atoms with Gasteiger partial charge in [-0.15, -0.1) is 0 Å². The number of carbonyl (C=O) groups is 2. The fraction of sp³-hybridized carbons (Fsp3) is 0.714. The third-order valence-electron chi connectivity index (χ3n) is 1.71. The van der Waals surface area contributed by atoms with Crippen molar-refractivity contribution in [2.24, 2.45) is 11.5 Å². The molecule has 0 saturated heterocycles. The monoisotopic (exact) mass is 286 g/mol. The minimum atomic E-state index is -4.99. The van der Waals surface area contributed by atoms with E-state index in [1.165, 1.54) is 6.92 Å². The maximum atomic E-state index is 11.1. The highest BCUT2D eigenvalue weighted by Crippen LogP contribution is 2.36. The molecule has 0 bridgehead atoms. The van der Waals surface area contributed by atoms with Gasteiger partial charge in [-0.05, 0) is 6.92 Å². The molecule has 0 aromatic heterocycles. The van der Waals surface area contributed by atoms with E-state index in [1.54, 1.807) is 0 Å². The normalized spacial score (nSPS) is 16.6. The SMILES string of the molecule is C[C@@H](O)[C@H](N)C(=O)OC[C@H](N)C(=O)OP(=O)(O)O. The number of aliphatic hydroxyl groups is 1. The van der Waals surface area contributed by atoms with Crippen LogP contribution in [0.1, 0.15) is 6.92 Å².